The average molecular weight is 420 g/mol. The molecule has 0 aromatic heterocycles. The van der Waals surface area contributed by atoms with Crippen molar-refractivity contribution in [3.8, 4) is 0 Å². The molecule has 1 aliphatic rings. The van der Waals surface area contributed by atoms with Crippen LogP contribution >= 0.6 is 22.6 Å². The van der Waals surface area contributed by atoms with Gasteiger partial charge in [0.15, 0.2) is 0 Å². The Bertz CT molecular complexity index is 769. The van der Waals surface area contributed by atoms with Gasteiger partial charge in [0.1, 0.15) is 0 Å². The normalized spacial score (nSPS) is 13.5. The summed E-state index contributed by atoms with van der Waals surface area (Å²) in [6, 6.07) is 13.0. The second-order valence-corrected chi connectivity index (χ2v) is 6.76. The van der Waals surface area contributed by atoms with Crippen LogP contribution in [-0.4, -0.2) is 17.9 Å². The van der Waals surface area contributed by atoms with Crippen molar-refractivity contribution < 1.29 is 9.59 Å². The highest BCUT2D eigenvalue weighted by atomic mass is 127. The lowest BCUT2D eigenvalue weighted by Crippen LogP contribution is -2.27. The van der Waals surface area contributed by atoms with Gasteiger partial charge in [-0.25, -0.2) is 0 Å². The summed E-state index contributed by atoms with van der Waals surface area (Å²) >= 11 is 2.17. The van der Waals surface area contributed by atoms with Gasteiger partial charge < -0.3 is 10.6 Å². The number of hydrogen-bond acceptors (Lipinski definition) is 2. The van der Waals surface area contributed by atoms with Crippen LogP contribution in [0, 0.1) is 10.5 Å². The Hall–Kier alpha value is -1.89. The highest BCUT2D eigenvalue weighted by Gasteiger charge is 2.25. The maximum absolute atomic E-state index is 12.5. The molecule has 0 aliphatic heterocycles. The summed E-state index contributed by atoms with van der Waals surface area (Å²) in [5, 5.41) is 5.82. The Morgan fingerprint density at radius 1 is 1.00 bits per heavy atom. The largest absolute Gasteiger partial charge is 0.349 e. The minimum absolute atomic E-state index is 0.137. The van der Waals surface area contributed by atoms with Gasteiger partial charge in [-0.3, -0.25) is 9.59 Å². The molecule has 1 saturated carbocycles. The molecule has 2 amide bonds. The zero-order valence-corrected chi connectivity index (χ0v) is 14.9. The van der Waals surface area contributed by atoms with Gasteiger partial charge in [-0.2, -0.15) is 0 Å². The van der Waals surface area contributed by atoms with Crippen LogP contribution in [0.25, 0.3) is 0 Å². The highest BCUT2D eigenvalue weighted by Crippen LogP contribution is 2.23. The van der Waals surface area contributed by atoms with E-state index in [0.717, 1.165) is 22.0 Å². The fourth-order valence-corrected chi connectivity index (χ4v) is 2.90. The van der Waals surface area contributed by atoms with E-state index in [0.29, 0.717) is 16.8 Å². The molecule has 4 nitrogen and oxygen atoms in total. The Morgan fingerprint density at radius 3 is 2.43 bits per heavy atom. The maximum atomic E-state index is 12.5. The molecule has 2 N–H and O–H groups in total. The Morgan fingerprint density at radius 2 is 1.70 bits per heavy atom. The van der Waals surface area contributed by atoms with Gasteiger partial charge in [0, 0.05) is 9.61 Å². The summed E-state index contributed by atoms with van der Waals surface area (Å²) in [6.45, 7) is 1.97. The molecule has 0 bridgehead atoms. The van der Waals surface area contributed by atoms with E-state index < -0.39 is 0 Å². The van der Waals surface area contributed by atoms with Crippen molar-refractivity contribution in [2.75, 3.05) is 5.32 Å². The number of halogens is 1. The SMILES string of the molecule is Cc1cccc(C(=O)Nc2ccccc2C(=O)NC2CC2)c1I. The molecular formula is C18H17IN2O2. The van der Waals surface area contributed by atoms with E-state index >= 15 is 0 Å². The minimum atomic E-state index is -0.204. The van der Waals surface area contributed by atoms with E-state index in [1.54, 1.807) is 24.3 Å². The number of amides is 2. The Kier molecular flexibility index (Phi) is 4.66. The predicted octanol–water partition coefficient (Wildman–Crippen LogP) is 3.74. The van der Waals surface area contributed by atoms with Crippen molar-refractivity contribution in [1.82, 2.24) is 5.32 Å². The summed E-state index contributed by atoms with van der Waals surface area (Å²) < 4.78 is 0.919. The van der Waals surface area contributed by atoms with Crippen molar-refractivity contribution in [3.63, 3.8) is 0 Å². The second kappa shape index (κ2) is 6.70. The van der Waals surface area contributed by atoms with Gasteiger partial charge in [0.2, 0.25) is 0 Å². The molecule has 1 aliphatic carbocycles. The van der Waals surface area contributed by atoms with Crippen LogP contribution in [-0.2, 0) is 0 Å². The summed E-state index contributed by atoms with van der Waals surface area (Å²) in [7, 11) is 0. The Balaban J connectivity index is 1.83. The fraction of sp³-hybridized carbons (Fsp3) is 0.222. The molecule has 2 aromatic rings. The first kappa shape index (κ1) is 16.0. The molecule has 0 heterocycles. The summed E-state index contributed by atoms with van der Waals surface area (Å²) in [5.74, 6) is -0.341. The molecule has 118 valence electrons. The molecule has 0 spiro atoms. The molecule has 0 atom stereocenters. The minimum Gasteiger partial charge on any atom is -0.349 e. The fourth-order valence-electron chi connectivity index (χ4n) is 2.29. The lowest BCUT2D eigenvalue weighted by Gasteiger charge is -2.12. The summed E-state index contributed by atoms with van der Waals surface area (Å²) in [5.41, 5.74) is 2.70. The van der Waals surface area contributed by atoms with E-state index in [-0.39, 0.29) is 17.9 Å². The van der Waals surface area contributed by atoms with Crippen molar-refractivity contribution in [2.45, 2.75) is 25.8 Å². The van der Waals surface area contributed by atoms with E-state index in [4.69, 9.17) is 0 Å². The van der Waals surface area contributed by atoms with Gasteiger partial charge in [0.05, 0.1) is 16.8 Å². The first-order valence-electron chi connectivity index (χ1n) is 7.52. The molecule has 2 aromatic carbocycles. The van der Waals surface area contributed by atoms with Crippen molar-refractivity contribution in [1.29, 1.82) is 0 Å². The van der Waals surface area contributed by atoms with Crippen LogP contribution in [0.3, 0.4) is 0 Å². The molecule has 1 fully saturated rings. The molecule has 0 unspecified atom stereocenters. The zero-order valence-electron chi connectivity index (χ0n) is 12.7. The van der Waals surface area contributed by atoms with Gasteiger partial charge in [-0.15, -0.1) is 0 Å². The van der Waals surface area contributed by atoms with Crippen molar-refractivity contribution >= 4 is 40.1 Å². The monoisotopic (exact) mass is 420 g/mol. The van der Waals surface area contributed by atoms with Crippen LogP contribution < -0.4 is 10.6 Å². The highest BCUT2D eigenvalue weighted by molar-refractivity contribution is 14.1. The lowest BCUT2D eigenvalue weighted by atomic mass is 10.1. The molecule has 5 heteroatoms. The molecular weight excluding hydrogens is 403 g/mol. The van der Waals surface area contributed by atoms with Gasteiger partial charge >= 0.3 is 0 Å². The Labute approximate surface area is 148 Å². The standard InChI is InChI=1S/C18H17IN2O2/c1-11-5-4-7-14(16(11)19)18(23)21-15-8-3-2-6-13(15)17(22)20-12-9-10-12/h2-8,12H,9-10H2,1H3,(H,20,22)(H,21,23). The number of para-hydroxylation sites is 1. The van der Waals surface area contributed by atoms with Crippen molar-refractivity contribution in [3.05, 3.63) is 62.7 Å². The maximum Gasteiger partial charge on any atom is 0.256 e. The molecule has 0 saturated heterocycles. The number of carbonyl (C=O) groups excluding carboxylic acids is 2. The van der Waals surface area contributed by atoms with Crippen LogP contribution in [0.4, 0.5) is 5.69 Å². The number of aryl methyl sites for hydroxylation is 1. The predicted molar refractivity (Wildman–Crippen MR) is 98.8 cm³/mol. The third-order valence-electron chi connectivity index (χ3n) is 3.77. The molecule has 3 rings (SSSR count). The number of nitrogens with one attached hydrogen (secondary N) is 2. The summed E-state index contributed by atoms with van der Waals surface area (Å²) in [6.07, 6.45) is 2.06. The number of anilines is 1. The molecule has 0 radical (unpaired) electrons. The van der Waals surface area contributed by atoms with Crippen LogP contribution in [0.1, 0.15) is 39.1 Å². The van der Waals surface area contributed by atoms with E-state index in [9.17, 15) is 9.59 Å². The first-order valence-corrected chi connectivity index (χ1v) is 8.60. The number of rotatable bonds is 4. The zero-order chi connectivity index (χ0) is 16.4. The van der Waals surface area contributed by atoms with Crippen LogP contribution in [0.15, 0.2) is 42.5 Å². The van der Waals surface area contributed by atoms with Gasteiger partial charge in [0.25, 0.3) is 11.8 Å². The van der Waals surface area contributed by atoms with E-state index in [2.05, 4.69) is 33.2 Å². The van der Waals surface area contributed by atoms with E-state index in [1.165, 1.54) is 0 Å². The number of hydrogen-bond donors (Lipinski definition) is 2. The summed E-state index contributed by atoms with van der Waals surface area (Å²) in [4.78, 5) is 24.8. The lowest BCUT2D eigenvalue weighted by molar-refractivity contribution is 0.0952. The quantitative estimate of drug-likeness (QED) is 0.741. The molecule has 23 heavy (non-hydrogen) atoms. The van der Waals surface area contributed by atoms with Gasteiger partial charge in [-0.05, 0) is 66.1 Å². The second-order valence-electron chi connectivity index (χ2n) is 5.68. The smallest absolute Gasteiger partial charge is 0.256 e. The van der Waals surface area contributed by atoms with Gasteiger partial charge in [-0.1, -0.05) is 24.3 Å². The topological polar surface area (TPSA) is 58.2 Å². The number of benzene rings is 2. The van der Waals surface area contributed by atoms with Crippen LogP contribution in [0.2, 0.25) is 0 Å². The first-order chi connectivity index (χ1) is 11.1. The van der Waals surface area contributed by atoms with Crippen LogP contribution in [0.5, 0.6) is 0 Å². The van der Waals surface area contributed by atoms with Crippen molar-refractivity contribution in [2.24, 2.45) is 0 Å². The average Bonchev–Trinajstić information content (AvgIpc) is 3.34. The third kappa shape index (κ3) is 3.72. The third-order valence-corrected chi connectivity index (χ3v) is 5.20. The number of carbonyl (C=O) groups is 2. The van der Waals surface area contributed by atoms with E-state index in [1.807, 2.05) is 25.1 Å².